The fourth-order valence-corrected chi connectivity index (χ4v) is 0.975. The number of nitrogens with zero attached hydrogens (tertiary/aromatic N) is 3. The maximum absolute atomic E-state index is 4.09. The molecule has 0 saturated carbocycles. The minimum Gasteiger partial charge on any atom is -0.236 e. The highest BCUT2D eigenvalue weighted by atomic mass is 14.8. The summed E-state index contributed by atoms with van der Waals surface area (Å²) in [4.78, 5) is 11.9. The van der Waals surface area contributed by atoms with Gasteiger partial charge in [-0.1, -0.05) is 0 Å². The number of hydrogen-bond donors (Lipinski definition) is 0. The SMILES string of the molecule is Cc1cc#[n+]c2cncnc12. The van der Waals surface area contributed by atoms with Crippen molar-refractivity contribution < 1.29 is 4.98 Å². The van der Waals surface area contributed by atoms with Crippen LogP contribution in [0.15, 0.2) is 18.6 Å². The van der Waals surface area contributed by atoms with Gasteiger partial charge in [0.15, 0.2) is 5.52 Å². The van der Waals surface area contributed by atoms with Crippen molar-refractivity contribution in [2.45, 2.75) is 6.92 Å². The predicted octanol–water partition coefficient (Wildman–Crippen LogP) is 0.338. The fraction of sp³-hybridized carbons (Fsp3) is 0.125. The molecule has 0 aliphatic carbocycles. The topological polar surface area (TPSA) is 39.9 Å². The van der Waals surface area contributed by atoms with Crippen LogP contribution >= 0.6 is 0 Å². The van der Waals surface area contributed by atoms with E-state index < -0.39 is 0 Å². The molecule has 0 aliphatic heterocycles. The van der Waals surface area contributed by atoms with Crippen molar-refractivity contribution in [1.29, 1.82) is 0 Å². The van der Waals surface area contributed by atoms with Gasteiger partial charge in [-0.05, 0) is 17.5 Å². The van der Waals surface area contributed by atoms with E-state index in [0.29, 0.717) is 0 Å². The van der Waals surface area contributed by atoms with Gasteiger partial charge in [-0.25, -0.2) is 9.97 Å². The van der Waals surface area contributed by atoms with Crippen molar-refractivity contribution in [2.24, 2.45) is 0 Å². The van der Waals surface area contributed by atoms with Gasteiger partial charge in [-0.3, -0.25) is 0 Å². The van der Waals surface area contributed by atoms with Crippen LogP contribution < -0.4 is 4.98 Å². The van der Waals surface area contributed by atoms with Gasteiger partial charge < -0.3 is 0 Å². The molecule has 0 amide bonds. The van der Waals surface area contributed by atoms with Crippen LogP contribution in [0.3, 0.4) is 0 Å². The largest absolute Gasteiger partial charge is 0.384 e. The summed E-state index contributed by atoms with van der Waals surface area (Å²) in [6, 6.07) is 1.81. The molecule has 0 aromatic carbocycles. The van der Waals surface area contributed by atoms with E-state index in [4.69, 9.17) is 0 Å². The maximum atomic E-state index is 4.09. The molecule has 11 heavy (non-hydrogen) atoms. The minimum absolute atomic E-state index is 0.799. The van der Waals surface area contributed by atoms with E-state index >= 15 is 0 Å². The van der Waals surface area contributed by atoms with Crippen LogP contribution in [0, 0.1) is 13.1 Å². The van der Waals surface area contributed by atoms with E-state index in [9.17, 15) is 0 Å². The minimum atomic E-state index is 0.799. The van der Waals surface area contributed by atoms with Crippen molar-refractivity contribution in [2.75, 3.05) is 0 Å². The highest BCUT2D eigenvalue weighted by Gasteiger charge is 2.05. The summed E-state index contributed by atoms with van der Waals surface area (Å²) in [5.74, 6) is 0. The standard InChI is InChI=1S/C8H6N3/c1-6-2-3-10-7-4-9-5-11-8(6)7/h2,4-5H,1H3/q+1. The summed E-state index contributed by atoms with van der Waals surface area (Å²) in [6.07, 6.45) is 5.98. The third-order valence-corrected chi connectivity index (χ3v) is 1.53. The molecule has 3 nitrogen and oxygen atoms in total. The second-order valence-electron chi connectivity index (χ2n) is 2.32. The van der Waals surface area contributed by atoms with E-state index in [-0.39, 0.29) is 0 Å². The molecule has 0 radical (unpaired) electrons. The zero-order chi connectivity index (χ0) is 7.68. The molecule has 0 atom stereocenters. The zero-order valence-electron chi connectivity index (χ0n) is 6.07. The molecule has 3 heteroatoms. The molecule has 2 rings (SSSR count). The highest BCUT2D eigenvalue weighted by Crippen LogP contribution is 2.05. The van der Waals surface area contributed by atoms with Crippen LogP contribution in [0.1, 0.15) is 5.56 Å². The lowest BCUT2D eigenvalue weighted by molar-refractivity contribution is -0.259. The predicted molar refractivity (Wildman–Crippen MR) is 38.7 cm³/mol. The lowest BCUT2D eigenvalue weighted by atomic mass is 10.2. The van der Waals surface area contributed by atoms with Crippen molar-refractivity contribution >= 4 is 11.0 Å². The summed E-state index contributed by atoms with van der Waals surface area (Å²) in [5.41, 5.74) is 2.78. The van der Waals surface area contributed by atoms with E-state index in [1.54, 1.807) is 6.20 Å². The average molecular weight is 144 g/mol. The first-order valence-corrected chi connectivity index (χ1v) is 3.31. The molecule has 0 aliphatic rings. The van der Waals surface area contributed by atoms with Crippen LogP contribution in [0.25, 0.3) is 11.0 Å². The molecule has 2 aromatic rings. The van der Waals surface area contributed by atoms with Crippen molar-refractivity contribution in [3.05, 3.63) is 30.4 Å². The van der Waals surface area contributed by atoms with E-state index in [0.717, 1.165) is 16.6 Å². The lowest BCUT2D eigenvalue weighted by Gasteiger charge is -1.85. The molecule has 0 saturated heterocycles. The first-order valence-electron chi connectivity index (χ1n) is 3.31. The molecule has 2 heterocycles. The van der Waals surface area contributed by atoms with Crippen LogP contribution in [0.4, 0.5) is 0 Å². The van der Waals surface area contributed by atoms with Gasteiger partial charge in [0, 0.05) is 0 Å². The van der Waals surface area contributed by atoms with Crippen LogP contribution in [0.5, 0.6) is 0 Å². The molecule has 0 spiro atoms. The Bertz CT molecular complexity index is 378. The van der Waals surface area contributed by atoms with Crippen molar-refractivity contribution in [3.8, 4) is 0 Å². The van der Waals surface area contributed by atoms with E-state index in [2.05, 4.69) is 21.1 Å². The molecule has 52 valence electrons. The van der Waals surface area contributed by atoms with Gasteiger partial charge in [-0.15, -0.1) is 0 Å². The molecular formula is C8H6N3+. The van der Waals surface area contributed by atoms with Crippen LogP contribution in [-0.2, 0) is 0 Å². The highest BCUT2D eigenvalue weighted by molar-refractivity contribution is 5.72. The molecule has 0 unspecified atom stereocenters. The normalized spacial score (nSPS) is 9.55. The fourth-order valence-electron chi connectivity index (χ4n) is 0.975. The Hall–Kier alpha value is -1.69. The third kappa shape index (κ3) is 0.887. The monoisotopic (exact) mass is 144 g/mol. The number of aromatic nitrogens is 3. The number of fused-ring (bicyclic) bond motifs is 1. The van der Waals surface area contributed by atoms with Crippen molar-refractivity contribution in [1.82, 2.24) is 9.97 Å². The van der Waals surface area contributed by atoms with Gasteiger partial charge in [-0.2, -0.15) is 0 Å². The number of rotatable bonds is 0. The first-order chi connectivity index (χ1) is 5.38. The van der Waals surface area contributed by atoms with E-state index in [1.165, 1.54) is 6.33 Å². The second-order valence-corrected chi connectivity index (χ2v) is 2.32. The van der Waals surface area contributed by atoms with Crippen LogP contribution in [-0.4, -0.2) is 9.97 Å². The summed E-state index contributed by atoms with van der Waals surface area (Å²) >= 11 is 0. The molecular weight excluding hydrogens is 138 g/mol. The summed E-state index contributed by atoms with van der Waals surface area (Å²) in [6.45, 7) is 1.98. The number of aryl methyl sites for hydroxylation is 1. The summed E-state index contributed by atoms with van der Waals surface area (Å²) < 4.78 is 0. The Morgan fingerprint density at radius 2 is 2.45 bits per heavy atom. The van der Waals surface area contributed by atoms with E-state index in [1.807, 2.05) is 13.0 Å². The Labute approximate surface area is 64.1 Å². The number of hydrogen-bond acceptors (Lipinski definition) is 2. The summed E-state index contributed by atoms with van der Waals surface area (Å²) in [7, 11) is 0. The molecule has 2 aromatic heterocycles. The van der Waals surface area contributed by atoms with Gasteiger partial charge in [0.05, 0.1) is 6.07 Å². The smallest absolute Gasteiger partial charge is 0.236 e. The van der Waals surface area contributed by atoms with Crippen molar-refractivity contribution in [3.63, 3.8) is 0 Å². The molecule has 0 bridgehead atoms. The maximum Gasteiger partial charge on any atom is 0.384 e. The Morgan fingerprint density at radius 3 is 3.27 bits per heavy atom. The molecule has 0 fully saturated rings. The van der Waals surface area contributed by atoms with Crippen LogP contribution in [0.2, 0.25) is 0 Å². The lowest BCUT2D eigenvalue weighted by Crippen LogP contribution is -1.96. The van der Waals surface area contributed by atoms with Gasteiger partial charge in [0.2, 0.25) is 0 Å². The Morgan fingerprint density at radius 1 is 1.55 bits per heavy atom. The molecule has 0 N–H and O–H groups in total. The Kier molecular flexibility index (Phi) is 1.19. The second kappa shape index (κ2) is 2.17. The van der Waals surface area contributed by atoms with Gasteiger partial charge in [0.1, 0.15) is 12.5 Å². The first kappa shape index (κ1) is 6.05. The average Bonchev–Trinajstić information content (AvgIpc) is 2.06. The third-order valence-electron chi connectivity index (χ3n) is 1.53. The quantitative estimate of drug-likeness (QED) is 0.535. The zero-order valence-corrected chi connectivity index (χ0v) is 6.07. The van der Waals surface area contributed by atoms with Gasteiger partial charge in [0.25, 0.3) is 0 Å². The summed E-state index contributed by atoms with van der Waals surface area (Å²) in [5, 5.41) is 0. The Balaban J connectivity index is 2.91. The van der Waals surface area contributed by atoms with Gasteiger partial charge >= 0.3 is 11.7 Å².